The molecule has 3 aromatic rings. The second kappa shape index (κ2) is 9.80. The molecule has 0 atom stereocenters. The number of anilines is 1. The smallest absolute Gasteiger partial charge is 0.387 e. The summed E-state index contributed by atoms with van der Waals surface area (Å²) < 4.78 is 110. The highest BCUT2D eigenvalue weighted by Gasteiger charge is 2.19. The summed E-state index contributed by atoms with van der Waals surface area (Å²) in [5.41, 5.74) is -0.339. The normalized spacial score (nSPS) is 12.1. The van der Waals surface area contributed by atoms with Crippen LogP contribution in [0.25, 0.3) is 11.3 Å². The first kappa shape index (κ1) is 25.2. The van der Waals surface area contributed by atoms with Gasteiger partial charge in [-0.2, -0.15) is 17.6 Å². The molecule has 0 spiro atoms. The van der Waals surface area contributed by atoms with Crippen LogP contribution in [-0.2, 0) is 19.9 Å². The van der Waals surface area contributed by atoms with Crippen LogP contribution in [0.3, 0.4) is 0 Å². The number of sulfonamides is 1. The number of ether oxygens (including phenoxy) is 2. The van der Waals surface area contributed by atoms with E-state index in [-0.39, 0.29) is 26.8 Å². The highest BCUT2D eigenvalue weighted by molar-refractivity contribution is 7.92. The van der Waals surface area contributed by atoms with Gasteiger partial charge in [-0.1, -0.05) is 0 Å². The van der Waals surface area contributed by atoms with Crippen molar-refractivity contribution in [1.82, 2.24) is 9.97 Å². The molecular weight excluding hydrogens is 506 g/mol. The first-order valence-corrected chi connectivity index (χ1v) is 12.4. The van der Waals surface area contributed by atoms with E-state index in [0.29, 0.717) is 0 Å². The van der Waals surface area contributed by atoms with Crippen LogP contribution in [0, 0.1) is 0 Å². The molecular formula is C19H15F4N3O6S2. The minimum Gasteiger partial charge on any atom is -0.435 e. The fourth-order valence-corrected chi connectivity index (χ4v) is 4.27. The van der Waals surface area contributed by atoms with Crippen LogP contribution in [0.5, 0.6) is 11.5 Å². The lowest BCUT2D eigenvalue weighted by Crippen LogP contribution is -2.15. The van der Waals surface area contributed by atoms with Gasteiger partial charge in [-0.25, -0.2) is 31.5 Å². The average molecular weight is 521 g/mol. The van der Waals surface area contributed by atoms with E-state index in [1.54, 1.807) is 0 Å². The fourth-order valence-electron chi connectivity index (χ4n) is 2.69. The van der Waals surface area contributed by atoms with Crippen LogP contribution in [0.15, 0.2) is 64.5 Å². The molecule has 0 amide bonds. The number of nitrogens with one attached hydrogen (secondary N) is 1. The molecule has 0 fully saturated rings. The Morgan fingerprint density at radius 3 is 2.06 bits per heavy atom. The molecule has 0 unspecified atom stereocenters. The molecule has 34 heavy (non-hydrogen) atoms. The van der Waals surface area contributed by atoms with Gasteiger partial charge in [0.15, 0.2) is 9.84 Å². The van der Waals surface area contributed by atoms with Crippen molar-refractivity contribution in [1.29, 1.82) is 0 Å². The Balaban J connectivity index is 1.95. The standard InChI is InChI=1S/C19H15F4N3O6S2/c1-33(27,28)12-3-5-13(6-4-12)34(29,30)26-19-24-9-8-15(25-19)14-10-11(31-17(20)21)2-7-16(14)32-18(22)23/h2-10,17-18H,1H3,(H,24,25,26). The molecule has 3 rings (SSSR count). The summed E-state index contributed by atoms with van der Waals surface area (Å²) in [5, 5.41) is 0. The maximum Gasteiger partial charge on any atom is 0.387 e. The maximum absolute atomic E-state index is 12.8. The molecule has 2 aromatic carbocycles. The number of alkyl halides is 4. The Morgan fingerprint density at radius 2 is 1.47 bits per heavy atom. The number of benzene rings is 2. The first-order valence-electron chi connectivity index (χ1n) is 9.05. The lowest BCUT2D eigenvalue weighted by Gasteiger charge is -2.13. The number of rotatable bonds is 9. The lowest BCUT2D eigenvalue weighted by molar-refractivity contribution is -0.0526. The summed E-state index contributed by atoms with van der Waals surface area (Å²) >= 11 is 0. The molecule has 15 heteroatoms. The number of hydrogen-bond acceptors (Lipinski definition) is 8. The number of sulfone groups is 1. The van der Waals surface area contributed by atoms with Crippen molar-refractivity contribution in [3.8, 4) is 22.8 Å². The van der Waals surface area contributed by atoms with Crippen LogP contribution < -0.4 is 14.2 Å². The van der Waals surface area contributed by atoms with Gasteiger partial charge in [-0.3, -0.25) is 0 Å². The summed E-state index contributed by atoms with van der Waals surface area (Å²) in [4.78, 5) is 7.29. The monoisotopic (exact) mass is 521 g/mol. The maximum atomic E-state index is 12.8. The molecule has 1 N–H and O–H groups in total. The zero-order chi connectivity index (χ0) is 25.1. The van der Waals surface area contributed by atoms with Crippen LogP contribution in [0.2, 0.25) is 0 Å². The van der Waals surface area contributed by atoms with Crippen LogP contribution >= 0.6 is 0 Å². The van der Waals surface area contributed by atoms with Gasteiger partial charge in [0.1, 0.15) is 11.5 Å². The molecule has 0 saturated heterocycles. The van der Waals surface area contributed by atoms with Crippen molar-refractivity contribution in [3.05, 3.63) is 54.7 Å². The van der Waals surface area contributed by atoms with Crippen molar-refractivity contribution >= 4 is 25.8 Å². The molecule has 9 nitrogen and oxygen atoms in total. The summed E-state index contributed by atoms with van der Waals surface area (Å²) in [6.07, 6.45) is 2.06. The largest absolute Gasteiger partial charge is 0.435 e. The van der Waals surface area contributed by atoms with Crippen molar-refractivity contribution in [2.45, 2.75) is 23.0 Å². The third-order valence-corrected chi connectivity index (χ3v) is 6.58. The van der Waals surface area contributed by atoms with Gasteiger partial charge in [-0.15, -0.1) is 0 Å². The molecule has 0 aliphatic carbocycles. The van der Waals surface area contributed by atoms with E-state index >= 15 is 0 Å². The van der Waals surface area contributed by atoms with Gasteiger partial charge in [0.2, 0.25) is 5.95 Å². The van der Waals surface area contributed by atoms with Crippen molar-refractivity contribution in [2.24, 2.45) is 0 Å². The van der Waals surface area contributed by atoms with Crippen molar-refractivity contribution in [2.75, 3.05) is 11.0 Å². The molecule has 1 heterocycles. The fraction of sp³-hybridized carbons (Fsp3) is 0.158. The van der Waals surface area contributed by atoms with E-state index in [2.05, 4.69) is 24.2 Å². The Morgan fingerprint density at radius 1 is 0.853 bits per heavy atom. The van der Waals surface area contributed by atoms with Gasteiger partial charge in [0.05, 0.1) is 15.5 Å². The summed E-state index contributed by atoms with van der Waals surface area (Å²) in [5.74, 6) is -1.29. The number of hydrogen-bond donors (Lipinski definition) is 1. The Bertz CT molecular complexity index is 1390. The van der Waals surface area contributed by atoms with E-state index in [0.717, 1.165) is 54.9 Å². The topological polar surface area (TPSA) is 125 Å². The Labute approximate surface area is 191 Å². The Hall–Kier alpha value is -3.46. The minimum atomic E-state index is -4.27. The second-order valence-corrected chi connectivity index (χ2v) is 10.2. The molecule has 0 aliphatic rings. The van der Waals surface area contributed by atoms with Crippen LogP contribution in [0.1, 0.15) is 0 Å². The molecule has 0 aliphatic heterocycles. The second-order valence-electron chi connectivity index (χ2n) is 6.53. The lowest BCUT2D eigenvalue weighted by atomic mass is 10.1. The molecule has 0 bridgehead atoms. The zero-order valence-electron chi connectivity index (χ0n) is 17.0. The van der Waals surface area contributed by atoms with E-state index in [1.807, 2.05) is 0 Å². The molecule has 1 aromatic heterocycles. The quantitative estimate of drug-likeness (QED) is 0.424. The molecule has 182 valence electrons. The van der Waals surface area contributed by atoms with E-state index < -0.39 is 44.8 Å². The number of halogens is 4. The van der Waals surface area contributed by atoms with E-state index in [4.69, 9.17) is 0 Å². The highest BCUT2D eigenvalue weighted by Crippen LogP contribution is 2.34. The van der Waals surface area contributed by atoms with Gasteiger partial charge < -0.3 is 9.47 Å². The molecule has 0 saturated carbocycles. The summed E-state index contributed by atoms with van der Waals surface area (Å²) in [6, 6.07) is 8.44. The predicted molar refractivity (Wildman–Crippen MR) is 111 cm³/mol. The van der Waals surface area contributed by atoms with Crippen molar-refractivity contribution < 1.29 is 43.9 Å². The average Bonchev–Trinajstić information content (AvgIpc) is 2.73. The van der Waals surface area contributed by atoms with E-state index in [9.17, 15) is 34.4 Å². The van der Waals surface area contributed by atoms with Crippen LogP contribution in [0.4, 0.5) is 23.5 Å². The summed E-state index contributed by atoms with van der Waals surface area (Å²) in [6.45, 7) is -6.42. The molecule has 0 radical (unpaired) electrons. The Kier molecular flexibility index (Phi) is 7.26. The predicted octanol–water partition coefficient (Wildman–Crippen LogP) is 3.55. The van der Waals surface area contributed by atoms with Gasteiger partial charge in [0, 0.05) is 18.0 Å². The zero-order valence-corrected chi connectivity index (χ0v) is 18.7. The van der Waals surface area contributed by atoms with Crippen molar-refractivity contribution in [3.63, 3.8) is 0 Å². The SMILES string of the molecule is CS(=O)(=O)c1ccc(S(=O)(=O)Nc2nccc(-c3cc(OC(F)F)ccc3OC(F)F)n2)cc1. The third kappa shape index (κ3) is 6.32. The summed E-state index contributed by atoms with van der Waals surface area (Å²) in [7, 11) is -7.82. The highest BCUT2D eigenvalue weighted by atomic mass is 32.2. The van der Waals surface area contributed by atoms with E-state index in [1.165, 1.54) is 6.07 Å². The van der Waals surface area contributed by atoms with Gasteiger partial charge in [0.25, 0.3) is 10.0 Å². The third-order valence-electron chi connectivity index (χ3n) is 4.11. The first-order chi connectivity index (χ1) is 15.8. The van der Waals surface area contributed by atoms with Gasteiger partial charge in [-0.05, 0) is 48.5 Å². The number of nitrogens with zero attached hydrogens (tertiary/aromatic N) is 2. The van der Waals surface area contributed by atoms with Crippen LogP contribution in [-0.4, -0.2) is 46.3 Å². The minimum absolute atomic E-state index is 0.0952. The van der Waals surface area contributed by atoms with Gasteiger partial charge >= 0.3 is 13.2 Å². The number of aromatic nitrogens is 2.